The van der Waals surface area contributed by atoms with Crippen molar-refractivity contribution in [1.82, 2.24) is 0 Å². The van der Waals surface area contributed by atoms with Crippen molar-refractivity contribution in [3.05, 3.63) is 0 Å². The number of hydrogen-bond donors (Lipinski definition) is 2. The summed E-state index contributed by atoms with van der Waals surface area (Å²) in [7, 11) is 0. The van der Waals surface area contributed by atoms with E-state index in [2.05, 4.69) is 6.92 Å². The van der Waals surface area contributed by atoms with Crippen LogP contribution in [0.5, 0.6) is 0 Å². The number of esters is 2. The van der Waals surface area contributed by atoms with Gasteiger partial charge in [0.2, 0.25) is 0 Å². The van der Waals surface area contributed by atoms with Crippen LogP contribution in [0.15, 0.2) is 0 Å². The molecule has 0 aliphatic carbocycles. The van der Waals surface area contributed by atoms with Gasteiger partial charge in [-0.15, -0.1) is 0 Å². The number of carboxylic acid groups (broad SMARTS) is 1. The molecular formula is C20H34O8. The molecule has 28 heavy (non-hydrogen) atoms. The van der Waals surface area contributed by atoms with Gasteiger partial charge in [-0.3, -0.25) is 14.4 Å². The molecule has 0 spiro atoms. The summed E-state index contributed by atoms with van der Waals surface area (Å²) >= 11 is 0. The first kappa shape index (κ1) is 26.0. The summed E-state index contributed by atoms with van der Waals surface area (Å²) < 4.78 is 9.87. The molecule has 0 saturated heterocycles. The number of carbonyl (C=O) groups excluding carboxylic acids is 3. The van der Waals surface area contributed by atoms with Crippen molar-refractivity contribution in [3.63, 3.8) is 0 Å². The molecule has 2 atom stereocenters. The Morgan fingerprint density at radius 1 is 0.857 bits per heavy atom. The molecule has 0 aliphatic rings. The van der Waals surface area contributed by atoms with Crippen LogP contribution in [0.3, 0.4) is 0 Å². The van der Waals surface area contributed by atoms with Gasteiger partial charge in [0.1, 0.15) is 5.78 Å². The van der Waals surface area contributed by atoms with E-state index in [1.54, 1.807) is 0 Å². The van der Waals surface area contributed by atoms with Crippen molar-refractivity contribution in [2.24, 2.45) is 5.92 Å². The van der Waals surface area contributed by atoms with Crippen LogP contribution in [-0.2, 0) is 28.7 Å². The fraction of sp³-hybridized carbons (Fsp3) is 0.800. The van der Waals surface area contributed by atoms with E-state index in [0.29, 0.717) is 12.8 Å². The summed E-state index contributed by atoms with van der Waals surface area (Å²) in [6.07, 6.45) is 6.13. The number of aliphatic hydroxyl groups is 1. The van der Waals surface area contributed by atoms with Crippen molar-refractivity contribution in [2.75, 3.05) is 13.2 Å². The largest absolute Gasteiger partial charge is 0.479 e. The van der Waals surface area contributed by atoms with Gasteiger partial charge in [-0.2, -0.15) is 0 Å². The molecule has 0 aromatic rings. The number of unbranched alkanes of at least 4 members (excludes halogenated alkanes) is 6. The number of ketones is 1. The van der Waals surface area contributed by atoms with E-state index < -0.39 is 41.6 Å². The second-order valence-corrected chi connectivity index (χ2v) is 6.96. The highest BCUT2D eigenvalue weighted by molar-refractivity contribution is 6.05. The molecule has 0 radical (unpaired) electrons. The molecule has 162 valence electrons. The van der Waals surface area contributed by atoms with E-state index >= 15 is 0 Å². The zero-order valence-corrected chi connectivity index (χ0v) is 17.2. The molecule has 2 N–H and O–H groups in total. The molecule has 0 aromatic carbocycles. The molecule has 8 nitrogen and oxygen atoms in total. The van der Waals surface area contributed by atoms with Gasteiger partial charge in [0.15, 0.2) is 11.5 Å². The lowest BCUT2D eigenvalue weighted by atomic mass is 9.82. The molecule has 0 heterocycles. The molecule has 0 rings (SSSR count). The summed E-state index contributed by atoms with van der Waals surface area (Å²) in [6, 6.07) is 0. The molecular weight excluding hydrogens is 368 g/mol. The minimum absolute atomic E-state index is 0.00269. The lowest BCUT2D eigenvalue weighted by Gasteiger charge is -2.28. The predicted octanol–water partition coefficient (Wildman–Crippen LogP) is 2.64. The zero-order chi connectivity index (χ0) is 21.6. The Morgan fingerprint density at radius 3 is 1.93 bits per heavy atom. The van der Waals surface area contributed by atoms with Gasteiger partial charge in [-0.1, -0.05) is 52.4 Å². The maximum Gasteiger partial charge on any atom is 0.337 e. The maximum atomic E-state index is 12.2. The van der Waals surface area contributed by atoms with Gasteiger partial charge in [-0.25, -0.2) is 4.79 Å². The standard InChI is InChI=1S/C20H34O8/c1-4-6-8-9-10-11-13-27-16(22)14-20(26,19(24)25)17(15(3)21)18(23)28-12-7-5-2/h17,26H,4-14H2,1-3H3,(H,24,25). The SMILES string of the molecule is CCCCCCCCOC(=O)CC(O)(C(=O)O)C(C(C)=O)C(=O)OCCCC. The van der Waals surface area contributed by atoms with Crippen LogP contribution < -0.4 is 0 Å². The monoisotopic (exact) mass is 402 g/mol. The summed E-state index contributed by atoms with van der Waals surface area (Å²) in [5.74, 6) is -6.88. The smallest absolute Gasteiger partial charge is 0.337 e. The van der Waals surface area contributed by atoms with Crippen LogP contribution in [0.25, 0.3) is 0 Å². The van der Waals surface area contributed by atoms with Crippen molar-refractivity contribution < 1.29 is 38.9 Å². The van der Waals surface area contributed by atoms with Crippen LogP contribution in [0, 0.1) is 5.92 Å². The van der Waals surface area contributed by atoms with Crippen LogP contribution in [0.1, 0.15) is 78.6 Å². The minimum Gasteiger partial charge on any atom is -0.479 e. The summed E-state index contributed by atoms with van der Waals surface area (Å²) in [4.78, 5) is 47.6. The highest BCUT2D eigenvalue weighted by atomic mass is 16.5. The van der Waals surface area contributed by atoms with Crippen molar-refractivity contribution in [3.8, 4) is 0 Å². The van der Waals surface area contributed by atoms with E-state index in [4.69, 9.17) is 9.47 Å². The number of rotatable bonds is 16. The second-order valence-electron chi connectivity index (χ2n) is 6.96. The van der Waals surface area contributed by atoms with Crippen LogP contribution in [0.4, 0.5) is 0 Å². The number of carbonyl (C=O) groups is 4. The molecule has 8 heteroatoms. The number of aliphatic carboxylic acids is 1. The third-order valence-corrected chi connectivity index (χ3v) is 4.41. The Kier molecular flexibility index (Phi) is 13.1. The maximum absolute atomic E-state index is 12.2. The number of hydrogen-bond acceptors (Lipinski definition) is 7. The molecule has 0 fully saturated rings. The Hall–Kier alpha value is -1.96. The van der Waals surface area contributed by atoms with Gasteiger partial charge in [0.25, 0.3) is 0 Å². The molecule has 2 unspecified atom stereocenters. The first-order chi connectivity index (χ1) is 13.2. The lowest BCUT2D eigenvalue weighted by molar-refractivity contribution is -0.183. The Balaban J connectivity index is 4.83. The van der Waals surface area contributed by atoms with Gasteiger partial charge >= 0.3 is 17.9 Å². The summed E-state index contributed by atoms with van der Waals surface area (Å²) in [6.45, 7) is 5.04. The quantitative estimate of drug-likeness (QED) is 0.229. The predicted molar refractivity (Wildman–Crippen MR) is 102 cm³/mol. The minimum atomic E-state index is -2.91. The zero-order valence-electron chi connectivity index (χ0n) is 17.2. The number of carboxylic acids is 1. The molecule has 0 saturated carbocycles. The van der Waals surface area contributed by atoms with Crippen molar-refractivity contribution in [2.45, 2.75) is 84.2 Å². The normalized spacial score (nSPS) is 14.0. The van der Waals surface area contributed by atoms with Crippen molar-refractivity contribution in [1.29, 1.82) is 0 Å². The Labute approximate surface area is 166 Å². The molecule has 0 bridgehead atoms. The topological polar surface area (TPSA) is 127 Å². The first-order valence-electron chi connectivity index (χ1n) is 9.99. The third kappa shape index (κ3) is 9.30. The third-order valence-electron chi connectivity index (χ3n) is 4.41. The van der Waals surface area contributed by atoms with Crippen LogP contribution >= 0.6 is 0 Å². The Morgan fingerprint density at radius 2 is 1.39 bits per heavy atom. The highest BCUT2D eigenvalue weighted by Gasteiger charge is 2.53. The van der Waals surface area contributed by atoms with Crippen molar-refractivity contribution >= 4 is 23.7 Å². The fourth-order valence-electron chi connectivity index (χ4n) is 2.74. The molecule has 0 aliphatic heterocycles. The second kappa shape index (κ2) is 14.1. The van der Waals surface area contributed by atoms with Gasteiger partial charge in [-0.05, 0) is 19.8 Å². The van der Waals surface area contributed by atoms with Gasteiger partial charge < -0.3 is 19.7 Å². The average Bonchev–Trinajstić information content (AvgIpc) is 2.60. The van der Waals surface area contributed by atoms with E-state index in [0.717, 1.165) is 45.4 Å². The highest BCUT2D eigenvalue weighted by Crippen LogP contribution is 2.26. The van der Waals surface area contributed by atoms with Gasteiger partial charge in [0, 0.05) is 0 Å². The number of Topliss-reactive ketones (excluding diaryl/α,β-unsaturated/α-hetero) is 1. The first-order valence-corrected chi connectivity index (χ1v) is 9.99. The van der Waals surface area contributed by atoms with Crippen LogP contribution in [-0.4, -0.2) is 52.7 Å². The summed E-state index contributed by atoms with van der Waals surface area (Å²) in [5, 5.41) is 19.9. The Bertz CT molecular complexity index is 516. The van der Waals surface area contributed by atoms with E-state index in [1.807, 2.05) is 6.92 Å². The van der Waals surface area contributed by atoms with E-state index in [9.17, 15) is 29.4 Å². The van der Waals surface area contributed by atoms with Crippen LogP contribution in [0.2, 0.25) is 0 Å². The number of ether oxygens (including phenoxy) is 2. The molecule has 0 amide bonds. The molecule has 0 aromatic heterocycles. The average molecular weight is 402 g/mol. The lowest BCUT2D eigenvalue weighted by Crippen LogP contribution is -2.54. The van der Waals surface area contributed by atoms with E-state index in [-0.39, 0.29) is 13.2 Å². The summed E-state index contributed by atoms with van der Waals surface area (Å²) in [5.41, 5.74) is -2.91. The van der Waals surface area contributed by atoms with E-state index in [1.165, 1.54) is 0 Å². The fourth-order valence-corrected chi connectivity index (χ4v) is 2.74. The van der Waals surface area contributed by atoms with Gasteiger partial charge in [0.05, 0.1) is 19.6 Å².